The van der Waals surface area contributed by atoms with Crippen molar-refractivity contribution in [1.82, 2.24) is 0 Å². The predicted molar refractivity (Wildman–Crippen MR) is 98.5 cm³/mol. The van der Waals surface area contributed by atoms with Crippen LogP contribution in [0.4, 0.5) is 5.69 Å². The number of hydrogen-bond acceptors (Lipinski definition) is 3. The van der Waals surface area contributed by atoms with Crippen molar-refractivity contribution < 1.29 is 8.83 Å². The Balaban J connectivity index is 1.88. The van der Waals surface area contributed by atoms with Crippen LogP contribution in [0.5, 0.6) is 0 Å². The van der Waals surface area contributed by atoms with E-state index < -0.39 is 0 Å². The molecule has 0 radical (unpaired) electrons. The van der Waals surface area contributed by atoms with E-state index in [0.717, 1.165) is 11.1 Å². The smallest absolute Gasteiger partial charge is 0.400 e. The number of benzene rings is 3. The second-order valence-electron chi connectivity index (χ2n) is 5.45. The molecule has 25 heavy (non-hydrogen) atoms. The fourth-order valence-corrected chi connectivity index (χ4v) is 2.64. The minimum absolute atomic E-state index is 0.194. The van der Waals surface area contributed by atoms with Gasteiger partial charge < -0.3 is 8.83 Å². The lowest BCUT2D eigenvalue weighted by Crippen LogP contribution is -1.91. The molecule has 3 aromatic carbocycles. The minimum atomic E-state index is 0.194. The normalized spacial score (nSPS) is 10.6. The molecular weight excluding hydrogens is 334 g/mol. The van der Waals surface area contributed by atoms with Gasteiger partial charge in [0.25, 0.3) is 0 Å². The van der Waals surface area contributed by atoms with Gasteiger partial charge in [0.2, 0.25) is 0 Å². The molecular formula is C21H14ClNO2. The molecule has 1 heterocycles. The molecule has 0 N–H and O–H groups in total. The zero-order chi connectivity index (χ0) is 17.1. The van der Waals surface area contributed by atoms with Gasteiger partial charge in [-0.05, 0) is 24.3 Å². The highest BCUT2D eigenvalue weighted by atomic mass is 35.5. The fourth-order valence-electron chi connectivity index (χ4n) is 2.51. The van der Waals surface area contributed by atoms with Gasteiger partial charge in [0.1, 0.15) is 0 Å². The summed E-state index contributed by atoms with van der Waals surface area (Å²) in [5, 5.41) is 0.658. The van der Waals surface area contributed by atoms with Gasteiger partial charge in [-0.25, -0.2) is 0 Å². The lowest BCUT2D eigenvalue weighted by Gasteiger charge is -1.99. The molecule has 4 aromatic rings. The van der Waals surface area contributed by atoms with E-state index in [-0.39, 0.29) is 5.75 Å². The molecule has 4 rings (SSSR count). The Labute approximate surface area is 149 Å². The van der Waals surface area contributed by atoms with Gasteiger partial charge in [-0.15, -0.1) is 0 Å². The summed E-state index contributed by atoms with van der Waals surface area (Å²) in [4.78, 5) is 4.42. The van der Waals surface area contributed by atoms with Crippen molar-refractivity contribution in [1.29, 1.82) is 0 Å². The van der Waals surface area contributed by atoms with Gasteiger partial charge in [-0.2, -0.15) is 4.99 Å². The summed E-state index contributed by atoms with van der Waals surface area (Å²) in [6, 6.07) is 26.9. The average Bonchev–Trinajstić information content (AvgIpc) is 3.09. The van der Waals surface area contributed by atoms with Crippen LogP contribution in [0, 0.1) is 0 Å². The summed E-state index contributed by atoms with van der Waals surface area (Å²) in [6.45, 7) is 0. The van der Waals surface area contributed by atoms with Crippen LogP contribution in [0.3, 0.4) is 0 Å². The molecule has 0 atom stereocenters. The third-order valence-corrected chi connectivity index (χ3v) is 3.96. The van der Waals surface area contributed by atoms with Crippen molar-refractivity contribution in [3.63, 3.8) is 0 Å². The maximum atomic E-state index is 5.92. The number of halogens is 1. The van der Waals surface area contributed by atoms with E-state index in [1.54, 1.807) is 12.1 Å². The highest BCUT2D eigenvalue weighted by molar-refractivity contribution is 6.30. The lowest BCUT2D eigenvalue weighted by molar-refractivity contribution is 0.376. The largest absolute Gasteiger partial charge is 0.406 e. The van der Waals surface area contributed by atoms with Crippen LogP contribution in [-0.4, -0.2) is 0 Å². The fraction of sp³-hybridized carbons (Fsp3) is 0. The summed E-state index contributed by atoms with van der Waals surface area (Å²) >= 11 is 5.92. The third kappa shape index (κ3) is 3.42. The second-order valence-corrected chi connectivity index (χ2v) is 5.88. The summed E-state index contributed by atoms with van der Waals surface area (Å²) in [7, 11) is 0. The Kier molecular flexibility index (Phi) is 4.23. The first-order valence-corrected chi connectivity index (χ1v) is 8.22. The monoisotopic (exact) mass is 347 g/mol. The van der Waals surface area contributed by atoms with Crippen LogP contribution >= 0.6 is 11.6 Å². The van der Waals surface area contributed by atoms with E-state index >= 15 is 0 Å². The Bertz CT molecular complexity index is 973. The van der Waals surface area contributed by atoms with Crippen molar-refractivity contribution in [2.75, 3.05) is 0 Å². The van der Waals surface area contributed by atoms with Gasteiger partial charge in [-0.1, -0.05) is 72.3 Å². The SMILES string of the molecule is Clc1ccc(N=c2oc(-c3ccccc3)c(-c3ccccc3)o2)cc1. The Morgan fingerprint density at radius 3 is 1.56 bits per heavy atom. The summed E-state index contributed by atoms with van der Waals surface area (Å²) < 4.78 is 11.8. The highest BCUT2D eigenvalue weighted by Gasteiger charge is 2.15. The number of hydrogen-bond donors (Lipinski definition) is 0. The van der Waals surface area contributed by atoms with Crippen molar-refractivity contribution in [3.05, 3.63) is 95.7 Å². The topological polar surface area (TPSA) is 38.6 Å². The van der Waals surface area contributed by atoms with Gasteiger partial charge in [0.05, 0.1) is 5.69 Å². The zero-order valence-electron chi connectivity index (χ0n) is 13.2. The van der Waals surface area contributed by atoms with Crippen molar-refractivity contribution in [2.24, 2.45) is 4.99 Å². The first-order chi connectivity index (χ1) is 12.3. The Morgan fingerprint density at radius 1 is 0.600 bits per heavy atom. The molecule has 0 spiro atoms. The molecule has 0 amide bonds. The van der Waals surface area contributed by atoms with E-state index in [0.29, 0.717) is 22.2 Å². The lowest BCUT2D eigenvalue weighted by atomic mass is 10.1. The summed E-state index contributed by atoms with van der Waals surface area (Å²) in [5.74, 6) is 1.50. The zero-order valence-corrected chi connectivity index (χ0v) is 14.0. The van der Waals surface area contributed by atoms with Crippen molar-refractivity contribution >= 4 is 17.3 Å². The van der Waals surface area contributed by atoms with E-state index in [1.165, 1.54) is 0 Å². The molecule has 0 bridgehead atoms. The number of rotatable bonds is 3. The van der Waals surface area contributed by atoms with Crippen molar-refractivity contribution in [3.8, 4) is 22.6 Å². The van der Waals surface area contributed by atoms with Crippen LogP contribution in [0.2, 0.25) is 5.02 Å². The molecule has 0 saturated heterocycles. The van der Waals surface area contributed by atoms with Crippen LogP contribution < -0.4 is 5.75 Å². The highest BCUT2D eigenvalue weighted by Crippen LogP contribution is 2.31. The second kappa shape index (κ2) is 6.83. The van der Waals surface area contributed by atoms with Gasteiger partial charge in [0, 0.05) is 16.1 Å². The molecule has 1 aromatic heterocycles. The molecule has 0 saturated carbocycles. The first kappa shape index (κ1) is 15.5. The molecule has 0 aliphatic heterocycles. The molecule has 3 nitrogen and oxygen atoms in total. The Morgan fingerprint density at radius 2 is 1.08 bits per heavy atom. The van der Waals surface area contributed by atoms with Crippen LogP contribution in [0.1, 0.15) is 0 Å². The van der Waals surface area contributed by atoms with E-state index in [2.05, 4.69) is 4.99 Å². The molecule has 0 aliphatic rings. The van der Waals surface area contributed by atoms with Crippen LogP contribution in [0.15, 0.2) is 98.8 Å². The maximum absolute atomic E-state index is 5.92. The molecule has 122 valence electrons. The third-order valence-electron chi connectivity index (χ3n) is 3.70. The van der Waals surface area contributed by atoms with Crippen LogP contribution in [-0.2, 0) is 0 Å². The molecule has 4 heteroatoms. The molecule has 0 unspecified atom stereocenters. The van der Waals surface area contributed by atoms with E-state index in [9.17, 15) is 0 Å². The van der Waals surface area contributed by atoms with E-state index in [4.69, 9.17) is 20.4 Å². The molecule has 0 fully saturated rings. The molecule has 0 aliphatic carbocycles. The standard InChI is InChI=1S/C21H14ClNO2/c22-17-11-13-18(14-12-17)23-21-24-19(15-7-3-1-4-8-15)20(25-21)16-9-5-2-6-10-16/h1-14H. The van der Waals surface area contributed by atoms with E-state index in [1.807, 2.05) is 72.8 Å². The first-order valence-electron chi connectivity index (χ1n) is 7.85. The minimum Gasteiger partial charge on any atom is -0.406 e. The predicted octanol–water partition coefficient (Wildman–Crippen LogP) is 6.09. The summed E-state index contributed by atoms with van der Waals surface area (Å²) in [5.41, 5.74) is 2.58. The number of nitrogens with zero attached hydrogens (tertiary/aromatic N) is 1. The van der Waals surface area contributed by atoms with Gasteiger partial charge in [0.15, 0.2) is 11.5 Å². The Hall–Kier alpha value is -3.04. The maximum Gasteiger partial charge on any atom is 0.400 e. The van der Waals surface area contributed by atoms with Crippen molar-refractivity contribution in [2.45, 2.75) is 0 Å². The summed E-state index contributed by atoms with van der Waals surface area (Å²) in [6.07, 6.45) is 0. The average molecular weight is 348 g/mol. The van der Waals surface area contributed by atoms with Crippen LogP contribution in [0.25, 0.3) is 22.6 Å². The van der Waals surface area contributed by atoms with Gasteiger partial charge in [-0.3, -0.25) is 0 Å². The quantitative estimate of drug-likeness (QED) is 0.449. The van der Waals surface area contributed by atoms with Gasteiger partial charge >= 0.3 is 5.75 Å².